The molecule has 0 saturated carbocycles. The molecule has 0 bridgehead atoms. The number of nitrogens with zero attached hydrogens (tertiary/aromatic N) is 1. The summed E-state index contributed by atoms with van der Waals surface area (Å²) in [6.07, 6.45) is 1.57. The van der Waals surface area contributed by atoms with Crippen molar-refractivity contribution in [1.29, 1.82) is 0 Å². The van der Waals surface area contributed by atoms with Gasteiger partial charge in [-0.15, -0.1) is 0 Å². The number of aromatic nitrogens is 1. The molecule has 1 atom stereocenters. The van der Waals surface area contributed by atoms with Crippen LogP contribution in [0.4, 0.5) is 10.2 Å². The summed E-state index contributed by atoms with van der Waals surface area (Å²) in [6, 6.07) is 18.4. The molecule has 162 valence electrons. The summed E-state index contributed by atoms with van der Waals surface area (Å²) in [5.41, 5.74) is 1.43. The number of halogens is 2. The first-order chi connectivity index (χ1) is 15.5. The number of esters is 1. The van der Waals surface area contributed by atoms with E-state index in [1.54, 1.807) is 36.5 Å². The van der Waals surface area contributed by atoms with Crippen molar-refractivity contribution in [2.75, 3.05) is 12.4 Å². The van der Waals surface area contributed by atoms with Gasteiger partial charge in [0.1, 0.15) is 23.1 Å². The van der Waals surface area contributed by atoms with Crippen LogP contribution in [0.15, 0.2) is 72.9 Å². The van der Waals surface area contributed by atoms with Gasteiger partial charge >= 0.3 is 5.97 Å². The van der Waals surface area contributed by atoms with Crippen LogP contribution in [0.5, 0.6) is 11.5 Å². The lowest BCUT2D eigenvalue weighted by Crippen LogP contribution is -2.09. The fourth-order valence-corrected chi connectivity index (χ4v) is 3.60. The second kappa shape index (κ2) is 9.24. The molecule has 0 saturated heterocycles. The van der Waals surface area contributed by atoms with E-state index in [0.29, 0.717) is 33.3 Å². The molecule has 1 aromatic heterocycles. The Labute approximate surface area is 189 Å². The number of rotatable bonds is 6. The van der Waals surface area contributed by atoms with Gasteiger partial charge in [0.2, 0.25) is 0 Å². The monoisotopic (exact) mass is 450 g/mol. The normalized spacial score (nSPS) is 11.8. The molecule has 0 spiro atoms. The molecular weight excluding hydrogens is 431 g/mol. The third-order valence-corrected chi connectivity index (χ3v) is 5.34. The summed E-state index contributed by atoms with van der Waals surface area (Å²) < 4.78 is 24.4. The highest BCUT2D eigenvalue weighted by Crippen LogP contribution is 2.38. The summed E-state index contributed by atoms with van der Waals surface area (Å²) in [5, 5.41) is 5.30. The van der Waals surface area contributed by atoms with Crippen LogP contribution in [0.2, 0.25) is 5.02 Å². The Hall–Kier alpha value is -3.64. The molecule has 7 heteroatoms. The van der Waals surface area contributed by atoms with Crippen LogP contribution in [0.1, 0.15) is 28.9 Å². The number of anilines is 1. The van der Waals surface area contributed by atoms with Gasteiger partial charge in [0, 0.05) is 23.7 Å². The van der Waals surface area contributed by atoms with Crippen LogP contribution in [-0.2, 0) is 4.74 Å². The second-order valence-corrected chi connectivity index (χ2v) is 7.58. The number of pyridine rings is 1. The average molecular weight is 451 g/mol. The van der Waals surface area contributed by atoms with Crippen molar-refractivity contribution in [3.8, 4) is 11.5 Å². The van der Waals surface area contributed by atoms with Crippen LogP contribution in [0.25, 0.3) is 10.8 Å². The molecule has 32 heavy (non-hydrogen) atoms. The molecule has 0 radical (unpaired) electrons. The highest BCUT2D eigenvalue weighted by Gasteiger charge is 2.16. The van der Waals surface area contributed by atoms with Gasteiger partial charge in [-0.3, -0.25) is 0 Å². The molecule has 0 fully saturated rings. The predicted octanol–water partition coefficient (Wildman–Crippen LogP) is 6.78. The van der Waals surface area contributed by atoms with Gasteiger partial charge in [-0.2, -0.15) is 0 Å². The number of hydrogen-bond donors (Lipinski definition) is 1. The average Bonchev–Trinajstić information content (AvgIpc) is 2.80. The summed E-state index contributed by atoms with van der Waals surface area (Å²) in [6.45, 7) is 1.98. The zero-order valence-corrected chi connectivity index (χ0v) is 18.2. The van der Waals surface area contributed by atoms with Crippen LogP contribution < -0.4 is 10.1 Å². The smallest absolute Gasteiger partial charge is 0.337 e. The van der Waals surface area contributed by atoms with E-state index >= 15 is 0 Å². The molecule has 4 aromatic rings. The first-order valence-corrected chi connectivity index (χ1v) is 10.3. The maximum Gasteiger partial charge on any atom is 0.337 e. The number of fused-ring (bicyclic) bond motifs is 1. The summed E-state index contributed by atoms with van der Waals surface area (Å²) in [4.78, 5) is 16.2. The number of carbonyl (C=O) groups excluding carboxylic acids is 1. The molecule has 3 aromatic carbocycles. The molecule has 5 nitrogen and oxygen atoms in total. The highest BCUT2D eigenvalue weighted by molar-refractivity contribution is 6.36. The maximum atomic E-state index is 13.6. The van der Waals surface area contributed by atoms with Crippen molar-refractivity contribution in [2.45, 2.75) is 13.0 Å². The first kappa shape index (κ1) is 21.6. The van der Waals surface area contributed by atoms with E-state index in [1.165, 1.54) is 19.2 Å². The molecule has 0 aliphatic heterocycles. The molecule has 1 N–H and O–H groups in total. The van der Waals surface area contributed by atoms with Gasteiger partial charge in [0.25, 0.3) is 0 Å². The second-order valence-electron chi connectivity index (χ2n) is 7.17. The van der Waals surface area contributed by atoms with E-state index in [-0.39, 0.29) is 17.8 Å². The van der Waals surface area contributed by atoms with E-state index in [4.69, 9.17) is 21.1 Å². The van der Waals surface area contributed by atoms with Gasteiger partial charge in [-0.05, 0) is 42.8 Å². The minimum Gasteiger partial charge on any atom is -0.465 e. The van der Waals surface area contributed by atoms with Crippen molar-refractivity contribution in [3.05, 3.63) is 94.9 Å². The van der Waals surface area contributed by atoms with E-state index in [9.17, 15) is 9.18 Å². The number of methoxy groups -OCH3 is 1. The van der Waals surface area contributed by atoms with Gasteiger partial charge in [0.15, 0.2) is 0 Å². The van der Waals surface area contributed by atoms with Gasteiger partial charge < -0.3 is 14.8 Å². The largest absolute Gasteiger partial charge is 0.465 e. The Morgan fingerprint density at radius 3 is 2.56 bits per heavy atom. The minimum absolute atomic E-state index is 0.138. The first-order valence-electron chi connectivity index (χ1n) is 9.91. The quantitative estimate of drug-likeness (QED) is 0.328. The predicted molar refractivity (Wildman–Crippen MR) is 123 cm³/mol. The third kappa shape index (κ3) is 4.50. The summed E-state index contributed by atoms with van der Waals surface area (Å²) in [7, 11) is 1.35. The number of nitrogens with one attached hydrogen (secondary N) is 1. The lowest BCUT2D eigenvalue weighted by molar-refractivity contribution is 0.0600. The highest BCUT2D eigenvalue weighted by atomic mass is 35.5. The Balaban J connectivity index is 1.69. The van der Waals surface area contributed by atoms with Crippen LogP contribution in [0.3, 0.4) is 0 Å². The van der Waals surface area contributed by atoms with Crippen molar-refractivity contribution >= 4 is 34.2 Å². The fraction of sp³-hybridized carbons (Fsp3) is 0.120. The van der Waals surface area contributed by atoms with E-state index < -0.39 is 0 Å². The lowest BCUT2D eigenvalue weighted by Gasteiger charge is -2.19. The third-order valence-electron chi connectivity index (χ3n) is 5.04. The van der Waals surface area contributed by atoms with Gasteiger partial charge in [0.05, 0.1) is 23.1 Å². The van der Waals surface area contributed by atoms with Crippen LogP contribution in [-0.4, -0.2) is 18.1 Å². The molecule has 1 heterocycles. The standard InChI is InChI=1S/C25H20ClFN2O3/c1-15(16-9-11-17(12-10-16)25(30)31-2)29-24-23-20(21(26)14-28-24)7-4-8-22(23)32-19-6-3-5-18(27)13-19/h3-15H,1-2H3,(H,28,29)/t15-/m0/s1. The Morgan fingerprint density at radius 1 is 1.09 bits per heavy atom. The Morgan fingerprint density at radius 2 is 1.84 bits per heavy atom. The number of benzene rings is 3. The zero-order chi connectivity index (χ0) is 22.7. The zero-order valence-electron chi connectivity index (χ0n) is 17.4. The molecule has 0 amide bonds. The van der Waals surface area contributed by atoms with Crippen molar-refractivity contribution in [3.63, 3.8) is 0 Å². The topological polar surface area (TPSA) is 60.5 Å². The molecule has 4 rings (SSSR count). The SMILES string of the molecule is COC(=O)c1ccc([C@H](C)Nc2ncc(Cl)c3cccc(Oc4cccc(F)c4)c23)cc1. The van der Waals surface area contributed by atoms with E-state index in [0.717, 1.165) is 10.9 Å². The summed E-state index contributed by atoms with van der Waals surface area (Å²) >= 11 is 6.39. The number of carbonyl (C=O) groups is 1. The lowest BCUT2D eigenvalue weighted by atomic mass is 10.1. The van der Waals surface area contributed by atoms with Crippen molar-refractivity contribution in [1.82, 2.24) is 4.98 Å². The van der Waals surface area contributed by atoms with E-state index in [2.05, 4.69) is 10.3 Å². The Kier molecular flexibility index (Phi) is 6.23. The fourth-order valence-electron chi connectivity index (χ4n) is 3.40. The van der Waals surface area contributed by atoms with Crippen molar-refractivity contribution in [2.24, 2.45) is 0 Å². The van der Waals surface area contributed by atoms with Crippen LogP contribution >= 0.6 is 11.6 Å². The molecule has 0 aliphatic carbocycles. The van der Waals surface area contributed by atoms with Crippen LogP contribution in [0, 0.1) is 5.82 Å². The summed E-state index contributed by atoms with van der Waals surface area (Å²) in [5.74, 6) is 0.664. The molecular formula is C25H20ClFN2O3. The minimum atomic E-state index is -0.388. The van der Waals surface area contributed by atoms with Gasteiger partial charge in [-0.25, -0.2) is 14.2 Å². The van der Waals surface area contributed by atoms with E-state index in [1.807, 2.05) is 31.2 Å². The number of ether oxygens (including phenoxy) is 2. The Bertz CT molecular complexity index is 1280. The van der Waals surface area contributed by atoms with Gasteiger partial charge in [-0.1, -0.05) is 41.9 Å². The molecule has 0 unspecified atom stereocenters. The van der Waals surface area contributed by atoms with Crippen molar-refractivity contribution < 1.29 is 18.7 Å². The molecule has 0 aliphatic rings. The number of hydrogen-bond acceptors (Lipinski definition) is 5. The maximum absolute atomic E-state index is 13.6.